The van der Waals surface area contributed by atoms with E-state index in [0.717, 1.165) is 17.1 Å². The first-order valence-electron chi connectivity index (χ1n) is 23.8. The van der Waals surface area contributed by atoms with Crippen LogP contribution in [0, 0.1) is 0 Å². The number of benzene rings is 11. The zero-order valence-electron chi connectivity index (χ0n) is 37.7. The summed E-state index contributed by atoms with van der Waals surface area (Å²) in [5.41, 5.74) is 22.9. The fourth-order valence-electron chi connectivity index (χ4n) is 11.9. The molecule has 1 nitrogen and oxygen atoms in total. The van der Waals surface area contributed by atoms with Gasteiger partial charge in [-0.15, -0.1) is 11.3 Å². The molecule has 2 aliphatic rings. The van der Waals surface area contributed by atoms with Crippen molar-refractivity contribution in [2.45, 2.75) is 5.41 Å². The molecule has 322 valence electrons. The third kappa shape index (κ3) is 5.89. The molecule has 2 aliphatic carbocycles. The lowest BCUT2D eigenvalue weighted by Gasteiger charge is -2.33. The maximum Gasteiger partial charge on any atom is 0.0725 e. The zero-order chi connectivity index (χ0) is 45.5. The third-order valence-electron chi connectivity index (χ3n) is 14.7. The first kappa shape index (κ1) is 39.6. The summed E-state index contributed by atoms with van der Waals surface area (Å²) in [6.07, 6.45) is 0. The highest BCUT2D eigenvalue weighted by Crippen LogP contribution is 2.63. The Morgan fingerprint density at radius 3 is 1.45 bits per heavy atom. The molecule has 0 bridgehead atoms. The summed E-state index contributed by atoms with van der Waals surface area (Å²) in [6, 6.07) is 96.9. The van der Waals surface area contributed by atoms with Crippen LogP contribution in [-0.4, -0.2) is 0 Å². The van der Waals surface area contributed by atoms with Crippen molar-refractivity contribution >= 4 is 48.6 Å². The molecule has 11 aromatic carbocycles. The monoisotopic (exact) mass is 893 g/mol. The molecule has 12 aromatic rings. The Kier molecular flexibility index (Phi) is 9.05. The van der Waals surface area contributed by atoms with Gasteiger partial charge in [-0.05, 0) is 103 Å². The molecule has 1 spiro atoms. The van der Waals surface area contributed by atoms with Crippen molar-refractivity contribution in [2.24, 2.45) is 0 Å². The molecule has 1 aromatic heterocycles. The number of hydrogen-bond donors (Lipinski definition) is 0. The van der Waals surface area contributed by atoms with Gasteiger partial charge >= 0.3 is 0 Å². The highest BCUT2D eigenvalue weighted by Gasteiger charge is 2.51. The van der Waals surface area contributed by atoms with Crippen LogP contribution in [0.15, 0.2) is 261 Å². The second-order valence-electron chi connectivity index (χ2n) is 18.2. The number of fused-ring (bicyclic) bond motifs is 13. The molecule has 0 saturated heterocycles. The lowest BCUT2D eigenvalue weighted by atomic mass is 9.70. The maximum atomic E-state index is 2.56. The van der Waals surface area contributed by atoms with Gasteiger partial charge in [0.2, 0.25) is 0 Å². The Morgan fingerprint density at radius 2 is 0.754 bits per heavy atom. The third-order valence-corrected chi connectivity index (χ3v) is 15.9. The van der Waals surface area contributed by atoms with Crippen molar-refractivity contribution in [3.63, 3.8) is 0 Å². The van der Waals surface area contributed by atoms with E-state index in [1.807, 2.05) is 11.3 Å². The number of anilines is 3. The Labute approximate surface area is 406 Å². The summed E-state index contributed by atoms with van der Waals surface area (Å²) in [5.74, 6) is 0. The molecule has 0 N–H and O–H groups in total. The fraction of sp³-hybridized carbons (Fsp3) is 0.0149. The van der Waals surface area contributed by atoms with E-state index < -0.39 is 5.41 Å². The van der Waals surface area contributed by atoms with Gasteiger partial charge in [0.15, 0.2) is 0 Å². The number of rotatable bonds is 7. The first-order chi connectivity index (χ1) is 34.3. The van der Waals surface area contributed by atoms with E-state index in [2.05, 4.69) is 266 Å². The molecule has 69 heavy (non-hydrogen) atoms. The molecular formula is C67H43NS. The van der Waals surface area contributed by atoms with E-state index in [0.29, 0.717) is 0 Å². The predicted octanol–water partition coefficient (Wildman–Crippen LogP) is 18.5. The quantitative estimate of drug-likeness (QED) is 0.154. The van der Waals surface area contributed by atoms with Crippen LogP contribution >= 0.6 is 11.3 Å². The van der Waals surface area contributed by atoms with Crippen molar-refractivity contribution < 1.29 is 0 Å². The zero-order valence-corrected chi connectivity index (χ0v) is 38.5. The Hall–Kier alpha value is -8.56. The van der Waals surface area contributed by atoms with Gasteiger partial charge in [-0.3, -0.25) is 0 Å². The van der Waals surface area contributed by atoms with Crippen molar-refractivity contribution in [1.29, 1.82) is 0 Å². The van der Waals surface area contributed by atoms with E-state index in [-0.39, 0.29) is 0 Å². The summed E-state index contributed by atoms with van der Waals surface area (Å²) in [6.45, 7) is 0. The average Bonchev–Trinajstić information content (AvgIpc) is 4.06. The van der Waals surface area contributed by atoms with Crippen molar-refractivity contribution in [2.75, 3.05) is 4.90 Å². The highest BCUT2D eigenvalue weighted by molar-refractivity contribution is 7.26. The van der Waals surface area contributed by atoms with Crippen LogP contribution in [0.3, 0.4) is 0 Å². The van der Waals surface area contributed by atoms with Crippen LogP contribution in [-0.2, 0) is 5.41 Å². The van der Waals surface area contributed by atoms with E-state index in [4.69, 9.17) is 0 Å². The second-order valence-corrected chi connectivity index (χ2v) is 19.3. The second kappa shape index (κ2) is 15.8. The Morgan fingerprint density at radius 1 is 0.290 bits per heavy atom. The van der Waals surface area contributed by atoms with Gasteiger partial charge in [0, 0.05) is 42.6 Å². The summed E-state index contributed by atoms with van der Waals surface area (Å²) in [4.78, 5) is 2.56. The SMILES string of the molecule is c1ccc(-c2ccccc2-c2c(-c3ccccc3)cccc2N(c2ccc3c(c2)-c2ccccc2C32c3ccccc3-c3ccccc32)c2ccccc2-c2cccc3c2sc2ccccc23)cc1. The van der Waals surface area contributed by atoms with Gasteiger partial charge in [-0.25, -0.2) is 0 Å². The first-order valence-corrected chi connectivity index (χ1v) is 24.7. The molecule has 0 saturated carbocycles. The maximum absolute atomic E-state index is 2.56. The average molecular weight is 894 g/mol. The molecule has 0 unspecified atom stereocenters. The minimum absolute atomic E-state index is 0.440. The molecule has 14 rings (SSSR count). The summed E-state index contributed by atoms with van der Waals surface area (Å²) in [7, 11) is 0. The van der Waals surface area contributed by atoms with Crippen LogP contribution in [0.4, 0.5) is 17.1 Å². The largest absolute Gasteiger partial charge is 0.309 e. The normalized spacial score (nSPS) is 12.8. The van der Waals surface area contributed by atoms with Crippen molar-refractivity contribution in [3.8, 4) is 66.8 Å². The minimum Gasteiger partial charge on any atom is -0.309 e. The number of nitrogens with zero attached hydrogens (tertiary/aromatic N) is 1. The van der Waals surface area contributed by atoms with E-state index in [1.165, 1.54) is 109 Å². The number of thiophene rings is 1. The Bertz CT molecular complexity index is 3930. The van der Waals surface area contributed by atoms with E-state index in [1.54, 1.807) is 0 Å². The van der Waals surface area contributed by atoms with E-state index in [9.17, 15) is 0 Å². The molecule has 0 aliphatic heterocycles. The van der Waals surface area contributed by atoms with Crippen LogP contribution < -0.4 is 4.90 Å². The smallest absolute Gasteiger partial charge is 0.0725 e. The molecule has 0 fully saturated rings. The number of hydrogen-bond acceptors (Lipinski definition) is 2. The standard InChI is InChI=1S/C67H43NS/c1-3-21-44(22-4-1)47-25-7-8-31-54(47)65-48(45-23-5-2-6-24-45)32-20-39-63(65)68(62-38-17-12-29-52(62)55-33-19-34-56-53-30-13-18-40-64(53)69-66(55)56)46-41-42-61-57(43-46)51-28-11-16-37-60(51)67(61)58-35-14-9-26-49(58)50-27-10-15-36-59(50)67/h1-43H. The van der Waals surface area contributed by atoms with Gasteiger partial charge in [-0.2, -0.15) is 0 Å². The van der Waals surface area contributed by atoms with E-state index >= 15 is 0 Å². The topological polar surface area (TPSA) is 3.24 Å². The van der Waals surface area contributed by atoms with Gasteiger partial charge in [-0.1, -0.05) is 231 Å². The van der Waals surface area contributed by atoms with Crippen LogP contribution in [0.1, 0.15) is 22.3 Å². The molecule has 2 heteroatoms. The van der Waals surface area contributed by atoms with Gasteiger partial charge < -0.3 is 4.90 Å². The summed E-state index contributed by atoms with van der Waals surface area (Å²) >= 11 is 1.88. The minimum atomic E-state index is -0.440. The van der Waals surface area contributed by atoms with Gasteiger partial charge in [0.05, 0.1) is 16.8 Å². The summed E-state index contributed by atoms with van der Waals surface area (Å²) < 4.78 is 2.59. The number of para-hydroxylation sites is 1. The molecule has 0 atom stereocenters. The lowest BCUT2D eigenvalue weighted by Crippen LogP contribution is -2.25. The Balaban J connectivity index is 1.09. The summed E-state index contributed by atoms with van der Waals surface area (Å²) in [5, 5.41) is 2.58. The fourth-order valence-corrected chi connectivity index (χ4v) is 13.2. The van der Waals surface area contributed by atoms with Crippen molar-refractivity contribution in [3.05, 3.63) is 283 Å². The van der Waals surface area contributed by atoms with Gasteiger partial charge in [0.1, 0.15) is 0 Å². The molecular weight excluding hydrogens is 851 g/mol. The highest BCUT2D eigenvalue weighted by atomic mass is 32.1. The molecule has 0 amide bonds. The van der Waals surface area contributed by atoms with Crippen LogP contribution in [0.5, 0.6) is 0 Å². The predicted molar refractivity (Wildman–Crippen MR) is 292 cm³/mol. The van der Waals surface area contributed by atoms with Crippen molar-refractivity contribution in [1.82, 2.24) is 0 Å². The van der Waals surface area contributed by atoms with Crippen LogP contribution in [0.2, 0.25) is 0 Å². The van der Waals surface area contributed by atoms with Crippen LogP contribution in [0.25, 0.3) is 86.9 Å². The lowest BCUT2D eigenvalue weighted by molar-refractivity contribution is 0.794. The van der Waals surface area contributed by atoms with Gasteiger partial charge in [0.25, 0.3) is 0 Å². The molecule has 1 heterocycles. The molecule has 0 radical (unpaired) electrons.